The predicted molar refractivity (Wildman–Crippen MR) is 117 cm³/mol. The van der Waals surface area contributed by atoms with Gasteiger partial charge in [0.2, 0.25) is 5.91 Å². The van der Waals surface area contributed by atoms with Crippen LogP contribution < -0.4 is 10.0 Å². The first-order valence-corrected chi connectivity index (χ1v) is 11.8. The summed E-state index contributed by atoms with van der Waals surface area (Å²) >= 11 is 0. The van der Waals surface area contributed by atoms with Crippen molar-refractivity contribution in [2.24, 2.45) is 0 Å². The highest BCUT2D eigenvalue weighted by atomic mass is 32.2. The van der Waals surface area contributed by atoms with E-state index in [9.17, 15) is 22.0 Å². The van der Waals surface area contributed by atoms with E-state index < -0.39 is 32.0 Å². The van der Waals surface area contributed by atoms with E-state index in [0.29, 0.717) is 25.3 Å². The molecule has 2 N–H and O–H groups in total. The Morgan fingerprint density at radius 3 is 2.41 bits per heavy atom. The highest BCUT2D eigenvalue weighted by Gasteiger charge is 2.51. The lowest BCUT2D eigenvalue weighted by molar-refractivity contribution is -0.123. The summed E-state index contributed by atoms with van der Waals surface area (Å²) in [6.45, 7) is 0. The normalized spacial score (nSPS) is 16.4. The van der Waals surface area contributed by atoms with Crippen LogP contribution in [0.15, 0.2) is 65.6 Å². The molecular weight excluding hydrogens is 434 g/mol. The molecule has 32 heavy (non-hydrogen) atoms. The monoisotopic (exact) mass is 454 g/mol. The molecule has 1 spiro atoms. The van der Waals surface area contributed by atoms with Gasteiger partial charge in [-0.25, -0.2) is 17.2 Å². The number of rotatable bonds is 5. The molecule has 1 aliphatic carbocycles. The molecule has 5 nitrogen and oxygen atoms in total. The van der Waals surface area contributed by atoms with Crippen molar-refractivity contribution in [3.05, 3.63) is 89.0 Å². The molecule has 1 amide bonds. The maximum atomic E-state index is 14.2. The van der Waals surface area contributed by atoms with Crippen LogP contribution in [0.25, 0.3) is 0 Å². The van der Waals surface area contributed by atoms with Gasteiger partial charge in [0.25, 0.3) is 10.0 Å². The van der Waals surface area contributed by atoms with Crippen LogP contribution in [-0.2, 0) is 26.7 Å². The molecule has 8 heteroatoms. The van der Waals surface area contributed by atoms with Gasteiger partial charge in [0.05, 0.1) is 5.41 Å². The average molecular weight is 454 g/mol. The van der Waals surface area contributed by atoms with Gasteiger partial charge in [0.15, 0.2) is 0 Å². The maximum absolute atomic E-state index is 14.2. The van der Waals surface area contributed by atoms with Crippen LogP contribution in [0.3, 0.4) is 0 Å². The second-order valence-electron chi connectivity index (χ2n) is 8.29. The maximum Gasteiger partial charge on any atom is 0.264 e. The number of hydrogen-bond donors (Lipinski definition) is 2. The van der Waals surface area contributed by atoms with Crippen LogP contribution in [0.1, 0.15) is 36.0 Å². The number of fused-ring (bicyclic) bond motifs is 2. The van der Waals surface area contributed by atoms with Gasteiger partial charge >= 0.3 is 0 Å². The molecule has 1 heterocycles. The van der Waals surface area contributed by atoms with Crippen molar-refractivity contribution in [3.63, 3.8) is 0 Å². The van der Waals surface area contributed by atoms with Crippen molar-refractivity contribution in [2.75, 3.05) is 10.0 Å². The number of amides is 1. The quantitative estimate of drug-likeness (QED) is 0.585. The molecule has 2 aliphatic rings. The van der Waals surface area contributed by atoms with Crippen molar-refractivity contribution in [1.29, 1.82) is 0 Å². The van der Waals surface area contributed by atoms with Gasteiger partial charge in [-0.3, -0.25) is 9.52 Å². The number of benzene rings is 3. The number of halogens is 2. The third-order valence-corrected chi connectivity index (χ3v) is 7.70. The molecular formula is C24H20F2N2O3S. The van der Waals surface area contributed by atoms with Gasteiger partial charge in [-0.1, -0.05) is 36.8 Å². The minimum absolute atomic E-state index is 0.0716. The Morgan fingerprint density at radius 2 is 1.75 bits per heavy atom. The van der Waals surface area contributed by atoms with Gasteiger partial charge in [-0.05, 0) is 60.2 Å². The standard InChI is InChI=1S/C24H20F2N2O3S/c25-17-7-8-21(20(26)13-17)32(30,31)28-18-12-16(11-15-5-2-1-3-6-15)22-19(14-18)24(9-4-10-24)23(29)27-22/h1-3,5-8,12-14,28H,4,9-11H2,(H,27,29). The van der Waals surface area contributed by atoms with Gasteiger partial charge in [-0.2, -0.15) is 0 Å². The minimum Gasteiger partial charge on any atom is -0.325 e. The van der Waals surface area contributed by atoms with E-state index in [1.54, 1.807) is 12.1 Å². The average Bonchev–Trinajstić information content (AvgIpc) is 3.00. The van der Waals surface area contributed by atoms with Gasteiger partial charge < -0.3 is 5.32 Å². The van der Waals surface area contributed by atoms with E-state index in [-0.39, 0.29) is 11.6 Å². The summed E-state index contributed by atoms with van der Waals surface area (Å²) in [5.74, 6) is -2.10. The lowest BCUT2D eigenvalue weighted by atomic mass is 9.65. The number of anilines is 2. The molecule has 0 bridgehead atoms. The Kier molecular flexibility index (Phi) is 4.78. The first kappa shape index (κ1) is 20.6. The minimum atomic E-state index is -4.30. The zero-order valence-corrected chi connectivity index (χ0v) is 17.8. The number of carbonyl (C=O) groups excluding carboxylic acids is 1. The van der Waals surface area contributed by atoms with Crippen LogP contribution in [0.4, 0.5) is 20.2 Å². The Hall–Kier alpha value is -3.26. The Labute approximate surface area is 184 Å². The molecule has 5 rings (SSSR count). The van der Waals surface area contributed by atoms with Gasteiger partial charge in [-0.15, -0.1) is 0 Å². The summed E-state index contributed by atoms with van der Waals surface area (Å²) in [4.78, 5) is 12.2. The summed E-state index contributed by atoms with van der Waals surface area (Å²) in [6.07, 6.45) is 2.79. The molecule has 0 aromatic heterocycles. The van der Waals surface area contributed by atoms with Crippen molar-refractivity contribution in [2.45, 2.75) is 36.0 Å². The van der Waals surface area contributed by atoms with Crippen molar-refractivity contribution in [3.8, 4) is 0 Å². The van der Waals surface area contributed by atoms with Crippen molar-refractivity contribution < 1.29 is 22.0 Å². The zero-order valence-electron chi connectivity index (χ0n) is 17.0. The van der Waals surface area contributed by atoms with E-state index in [1.165, 1.54) is 0 Å². The van der Waals surface area contributed by atoms with E-state index in [1.807, 2.05) is 30.3 Å². The molecule has 1 aliphatic heterocycles. The van der Waals surface area contributed by atoms with Crippen LogP contribution >= 0.6 is 0 Å². The number of hydrogen-bond acceptors (Lipinski definition) is 3. The molecule has 0 unspecified atom stereocenters. The van der Waals surface area contributed by atoms with Gasteiger partial charge in [0, 0.05) is 17.4 Å². The fraction of sp³-hybridized carbons (Fsp3) is 0.208. The molecule has 3 aromatic carbocycles. The zero-order chi connectivity index (χ0) is 22.5. The predicted octanol–water partition coefficient (Wildman–Crippen LogP) is 4.73. The first-order chi connectivity index (χ1) is 15.3. The Morgan fingerprint density at radius 1 is 1.00 bits per heavy atom. The summed E-state index contributed by atoms with van der Waals surface area (Å²) in [7, 11) is -4.30. The van der Waals surface area contributed by atoms with Crippen molar-refractivity contribution >= 4 is 27.3 Å². The molecule has 1 fully saturated rings. The molecule has 164 valence electrons. The van der Waals surface area contributed by atoms with Crippen LogP contribution in [0, 0.1) is 11.6 Å². The molecule has 1 saturated carbocycles. The highest BCUT2D eigenvalue weighted by molar-refractivity contribution is 7.92. The van der Waals surface area contributed by atoms with Gasteiger partial charge in [0.1, 0.15) is 16.5 Å². The van der Waals surface area contributed by atoms with Crippen LogP contribution in [-0.4, -0.2) is 14.3 Å². The summed E-state index contributed by atoms with van der Waals surface area (Å²) < 4.78 is 55.5. The molecule has 0 radical (unpaired) electrons. The lowest BCUT2D eigenvalue weighted by Crippen LogP contribution is -2.40. The fourth-order valence-electron chi connectivity index (χ4n) is 4.53. The molecule has 3 aromatic rings. The fourth-order valence-corrected chi connectivity index (χ4v) is 5.63. The number of sulfonamides is 1. The van der Waals surface area contributed by atoms with E-state index in [4.69, 9.17) is 0 Å². The summed E-state index contributed by atoms with van der Waals surface area (Å²) in [5.41, 5.74) is 2.84. The second-order valence-corrected chi connectivity index (χ2v) is 9.94. The summed E-state index contributed by atoms with van der Waals surface area (Å²) in [5, 5.41) is 3.00. The topological polar surface area (TPSA) is 75.3 Å². The second kappa shape index (κ2) is 7.41. The smallest absolute Gasteiger partial charge is 0.264 e. The Bertz CT molecular complexity index is 1340. The first-order valence-electron chi connectivity index (χ1n) is 10.3. The third-order valence-electron chi connectivity index (χ3n) is 6.29. The number of carbonyl (C=O) groups is 1. The van der Waals surface area contributed by atoms with Crippen LogP contribution in [0.5, 0.6) is 0 Å². The Balaban J connectivity index is 1.59. The van der Waals surface area contributed by atoms with Crippen LogP contribution in [0.2, 0.25) is 0 Å². The highest BCUT2D eigenvalue weighted by Crippen LogP contribution is 2.53. The van der Waals surface area contributed by atoms with Crippen molar-refractivity contribution in [1.82, 2.24) is 0 Å². The summed E-state index contributed by atoms with van der Waals surface area (Å²) in [6, 6.07) is 15.3. The SMILES string of the molecule is O=C1Nc2c(Cc3ccccc3)cc(NS(=O)(=O)c3ccc(F)cc3F)cc2C12CCC2. The third kappa shape index (κ3) is 3.35. The number of nitrogens with one attached hydrogen (secondary N) is 2. The molecule has 0 saturated heterocycles. The largest absolute Gasteiger partial charge is 0.325 e. The lowest BCUT2D eigenvalue weighted by Gasteiger charge is -2.36. The van der Waals surface area contributed by atoms with E-state index in [2.05, 4.69) is 10.0 Å². The molecule has 0 atom stereocenters. The van der Waals surface area contributed by atoms with E-state index >= 15 is 0 Å². The van der Waals surface area contributed by atoms with E-state index in [0.717, 1.165) is 40.9 Å².